The van der Waals surface area contributed by atoms with Crippen LogP contribution >= 0.6 is 0 Å². The SMILES string of the molecule is Cc1cc(NCCOCCN)nc(C(C)C)n1. The second-order valence-electron chi connectivity index (χ2n) is 4.24. The first-order chi connectivity index (χ1) is 8.13. The summed E-state index contributed by atoms with van der Waals surface area (Å²) in [5.41, 5.74) is 6.31. The van der Waals surface area contributed by atoms with E-state index < -0.39 is 0 Å². The fourth-order valence-corrected chi connectivity index (χ4v) is 1.38. The number of ether oxygens (including phenoxy) is 1. The first-order valence-electron chi connectivity index (χ1n) is 6.00. The first-order valence-corrected chi connectivity index (χ1v) is 6.00. The van der Waals surface area contributed by atoms with Crippen molar-refractivity contribution in [2.24, 2.45) is 5.73 Å². The lowest BCUT2D eigenvalue weighted by atomic mass is 10.2. The minimum Gasteiger partial charge on any atom is -0.378 e. The lowest BCUT2D eigenvalue weighted by Gasteiger charge is -2.10. The van der Waals surface area contributed by atoms with Gasteiger partial charge in [-0.15, -0.1) is 0 Å². The molecule has 3 N–H and O–H groups in total. The van der Waals surface area contributed by atoms with Gasteiger partial charge in [-0.25, -0.2) is 9.97 Å². The smallest absolute Gasteiger partial charge is 0.133 e. The predicted octanol–water partition coefficient (Wildman–Crippen LogP) is 1.30. The van der Waals surface area contributed by atoms with Gasteiger partial charge >= 0.3 is 0 Å². The average Bonchev–Trinajstić information content (AvgIpc) is 2.28. The Labute approximate surface area is 103 Å². The van der Waals surface area contributed by atoms with E-state index in [9.17, 15) is 0 Å². The quantitative estimate of drug-likeness (QED) is 0.700. The van der Waals surface area contributed by atoms with Crippen LogP contribution in [0.3, 0.4) is 0 Å². The van der Waals surface area contributed by atoms with Crippen molar-refractivity contribution in [3.8, 4) is 0 Å². The molecule has 0 fully saturated rings. The van der Waals surface area contributed by atoms with Gasteiger partial charge in [-0.3, -0.25) is 0 Å². The number of hydrogen-bond donors (Lipinski definition) is 2. The number of nitrogens with two attached hydrogens (primary N) is 1. The maximum absolute atomic E-state index is 5.33. The summed E-state index contributed by atoms with van der Waals surface area (Å²) >= 11 is 0. The summed E-state index contributed by atoms with van der Waals surface area (Å²) < 4.78 is 5.28. The van der Waals surface area contributed by atoms with Crippen LogP contribution in [0.2, 0.25) is 0 Å². The highest BCUT2D eigenvalue weighted by molar-refractivity contribution is 5.36. The maximum atomic E-state index is 5.33. The van der Waals surface area contributed by atoms with Gasteiger partial charge in [0, 0.05) is 30.8 Å². The number of aryl methyl sites for hydroxylation is 1. The van der Waals surface area contributed by atoms with Gasteiger partial charge in [-0.05, 0) is 6.92 Å². The molecule has 5 heteroatoms. The van der Waals surface area contributed by atoms with Gasteiger partial charge in [0.1, 0.15) is 11.6 Å². The Kier molecular flexibility index (Phi) is 5.86. The third kappa shape index (κ3) is 5.10. The molecule has 0 bridgehead atoms. The van der Waals surface area contributed by atoms with Gasteiger partial charge in [-0.2, -0.15) is 0 Å². The molecule has 0 radical (unpaired) electrons. The van der Waals surface area contributed by atoms with E-state index in [1.807, 2.05) is 13.0 Å². The Morgan fingerprint density at radius 1 is 1.35 bits per heavy atom. The molecule has 1 aromatic rings. The molecule has 1 heterocycles. The molecule has 17 heavy (non-hydrogen) atoms. The normalized spacial score (nSPS) is 10.9. The Morgan fingerprint density at radius 2 is 2.12 bits per heavy atom. The van der Waals surface area contributed by atoms with Crippen LogP contribution in [0.5, 0.6) is 0 Å². The van der Waals surface area contributed by atoms with Crippen molar-refractivity contribution >= 4 is 5.82 Å². The van der Waals surface area contributed by atoms with Gasteiger partial charge in [0.2, 0.25) is 0 Å². The molecular weight excluding hydrogens is 216 g/mol. The van der Waals surface area contributed by atoms with Crippen molar-refractivity contribution in [2.45, 2.75) is 26.7 Å². The first kappa shape index (κ1) is 13.9. The zero-order valence-corrected chi connectivity index (χ0v) is 10.9. The van der Waals surface area contributed by atoms with Crippen LogP contribution in [0.15, 0.2) is 6.07 Å². The number of nitrogens with zero attached hydrogens (tertiary/aromatic N) is 2. The molecule has 1 rings (SSSR count). The highest BCUT2D eigenvalue weighted by Crippen LogP contribution is 2.13. The van der Waals surface area contributed by atoms with Gasteiger partial charge in [-0.1, -0.05) is 13.8 Å². The zero-order valence-electron chi connectivity index (χ0n) is 10.9. The molecule has 0 aromatic carbocycles. The number of rotatable bonds is 7. The van der Waals surface area contributed by atoms with Crippen LogP contribution in [0.1, 0.15) is 31.3 Å². The Bertz CT molecular complexity index is 341. The van der Waals surface area contributed by atoms with Crippen molar-refractivity contribution in [1.82, 2.24) is 9.97 Å². The Hall–Kier alpha value is -1.20. The molecule has 0 saturated heterocycles. The average molecular weight is 238 g/mol. The molecule has 0 spiro atoms. The van der Waals surface area contributed by atoms with Gasteiger partial charge < -0.3 is 15.8 Å². The molecule has 0 amide bonds. The van der Waals surface area contributed by atoms with E-state index >= 15 is 0 Å². The second kappa shape index (κ2) is 7.19. The molecule has 1 aromatic heterocycles. The summed E-state index contributed by atoms with van der Waals surface area (Å²) in [7, 11) is 0. The number of nitrogens with one attached hydrogen (secondary N) is 1. The monoisotopic (exact) mass is 238 g/mol. The molecule has 0 aliphatic carbocycles. The molecule has 0 aliphatic heterocycles. The molecule has 0 saturated carbocycles. The summed E-state index contributed by atoms with van der Waals surface area (Å²) in [4.78, 5) is 8.84. The molecule has 96 valence electrons. The van der Waals surface area contributed by atoms with E-state index in [2.05, 4.69) is 29.1 Å². The van der Waals surface area contributed by atoms with Crippen molar-refractivity contribution in [1.29, 1.82) is 0 Å². The Balaban J connectivity index is 2.47. The van der Waals surface area contributed by atoms with E-state index in [0.29, 0.717) is 25.7 Å². The predicted molar refractivity (Wildman–Crippen MR) is 69.2 cm³/mol. The van der Waals surface area contributed by atoms with Gasteiger partial charge in [0.25, 0.3) is 0 Å². The minimum atomic E-state index is 0.337. The number of hydrogen-bond acceptors (Lipinski definition) is 5. The minimum absolute atomic E-state index is 0.337. The van der Waals surface area contributed by atoms with Crippen molar-refractivity contribution in [3.05, 3.63) is 17.6 Å². The summed E-state index contributed by atoms with van der Waals surface area (Å²) in [6.07, 6.45) is 0. The number of anilines is 1. The topological polar surface area (TPSA) is 73.1 Å². The summed E-state index contributed by atoms with van der Waals surface area (Å²) in [6.45, 7) is 8.67. The number of aromatic nitrogens is 2. The van der Waals surface area contributed by atoms with Crippen LogP contribution in [-0.2, 0) is 4.74 Å². The highest BCUT2D eigenvalue weighted by atomic mass is 16.5. The van der Waals surface area contributed by atoms with Gasteiger partial charge in [0.15, 0.2) is 0 Å². The highest BCUT2D eigenvalue weighted by Gasteiger charge is 2.05. The third-order valence-electron chi connectivity index (χ3n) is 2.20. The van der Waals surface area contributed by atoms with E-state index in [0.717, 1.165) is 23.9 Å². The summed E-state index contributed by atoms with van der Waals surface area (Å²) in [5, 5.41) is 3.22. The lowest BCUT2D eigenvalue weighted by Crippen LogP contribution is -2.15. The van der Waals surface area contributed by atoms with Crippen LogP contribution in [0.25, 0.3) is 0 Å². The summed E-state index contributed by atoms with van der Waals surface area (Å²) in [5.74, 6) is 2.07. The fourth-order valence-electron chi connectivity index (χ4n) is 1.38. The lowest BCUT2D eigenvalue weighted by molar-refractivity contribution is 0.151. The van der Waals surface area contributed by atoms with Crippen LogP contribution in [0.4, 0.5) is 5.82 Å². The van der Waals surface area contributed by atoms with Crippen LogP contribution in [-0.4, -0.2) is 36.3 Å². The van der Waals surface area contributed by atoms with Crippen LogP contribution in [0, 0.1) is 6.92 Å². The molecule has 0 aliphatic rings. The summed E-state index contributed by atoms with van der Waals surface area (Å²) in [6, 6.07) is 1.94. The fraction of sp³-hybridized carbons (Fsp3) is 0.667. The second-order valence-corrected chi connectivity index (χ2v) is 4.24. The van der Waals surface area contributed by atoms with E-state index in [-0.39, 0.29) is 0 Å². The Morgan fingerprint density at radius 3 is 2.76 bits per heavy atom. The van der Waals surface area contributed by atoms with Crippen molar-refractivity contribution in [3.63, 3.8) is 0 Å². The molecule has 0 atom stereocenters. The standard InChI is InChI=1S/C12H22N4O/c1-9(2)12-15-10(3)8-11(16-12)14-5-7-17-6-4-13/h8-9H,4-7,13H2,1-3H3,(H,14,15,16). The van der Waals surface area contributed by atoms with Crippen molar-refractivity contribution < 1.29 is 4.74 Å². The van der Waals surface area contributed by atoms with E-state index in [1.165, 1.54) is 0 Å². The third-order valence-corrected chi connectivity index (χ3v) is 2.20. The zero-order chi connectivity index (χ0) is 12.7. The molecule has 5 nitrogen and oxygen atoms in total. The molecular formula is C12H22N4O. The van der Waals surface area contributed by atoms with E-state index in [4.69, 9.17) is 10.5 Å². The van der Waals surface area contributed by atoms with Crippen molar-refractivity contribution in [2.75, 3.05) is 31.6 Å². The molecule has 0 unspecified atom stereocenters. The largest absolute Gasteiger partial charge is 0.378 e. The van der Waals surface area contributed by atoms with Crippen LogP contribution < -0.4 is 11.1 Å². The van der Waals surface area contributed by atoms with Gasteiger partial charge in [0.05, 0.1) is 13.2 Å². The maximum Gasteiger partial charge on any atom is 0.133 e. The van der Waals surface area contributed by atoms with E-state index in [1.54, 1.807) is 0 Å².